The van der Waals surface area contributed by atoms with Gasteiger partial charge in [-0.2, -0.15) is 0 Å². The van der Waals surface area contributed by atoms with Crippen LogP contribution in [0, 0.1) is 13.8 Å². The van der Waals surface area contributed by atoms with Gasteiger partial charge in [-0.25, -0.2) is 9.79 Å². The van der Waals surface area contributed by atoms with E-state index >= 15 is 0 Å². The molecular weight excluding hydrogens is 562 g/mol. The van der Waals surface area contributed by atoms with E-state index in [0.717, 1.165) is 48.5 Å². The van der Waals surface area contributed by atoms with E-state index in [1.165, 1.54) is 11.3 Å². The number of hydrogen-bond acceptors (Lipinski definition) is 7. The van der Waals surface area contributed by atoms with Gasteiger partial charge in [-0.3, -0.25) is 9.36 Å². The van der Waals surface area contributed by atoms with Crippen molar-refractivity contribution in [2.45, 2.75) is 52.3 Å². The van der Waals surface area contributed by atoms with E-state index < -0.39 is 12.0 Å². The molecule has 0 unspecified atom stereocenters. The van der Waals surface area contributed by atoms with E-state index in [1.54, 1.807) is 18.6 Å². The third-order valence-electron chi connectivity index (χ3n) is 8.12. The summed E-state index contributed by atoms with van der Waals surface area (Å²) in [6.45, 7) is 7.72. The van der Waals surface area contributed by atoms with Gasteiger partial charge in [-0.15, -0.1) is 0 Å². The molecule has 2 aliphatic rings. The van der Waals surface area contributed by atoms with Crippen molar-refractivity contribution in [2.75, 3.05) is 20.3 Å². The lowest BCUT2D eigenvalue weighted by atomic mass is 9.92. The predicted octanol–water partition coefficient (Wildman–Crippen LogP) is 4.54. The van der Waals surface area contributed by atoms with Gasteiger partial charge in [-0.1, -0.05) is 59.9 Å². The third kappa shape index (κ3) is 5.39. The molecule has 2 aliphatic heterocycles. The number of methoxy groups -OCH3 is 1. The lowest BCUT2D eigenvalue weighted by Gasteiger charge is -2.27. The van der Waals surface area contributed by atoms with Crippen LogP contribution in [-0.2, 0) is 20.8 Å². The Kier molecular flexibility index (Phi) is 8.19. The molecule has 0 amide bonds. The predicted molar refractivity (Wildman–Crippen MR) is 167 cm³/mol. The molecule has 0 N–H and O–H groups in total. The van der Waals surface area contributed by atoms with Gasteiger partial charge in [0, 0.05) is 35.7 Å². The molecule has 1 fully saturated rings. The first-order chi connectivity index (χ1) is 20.9. The van der Waals surface area contributed by atoms with E-state index in [0.29, 0.717) is 31.9 Å². The van der Waals surface area contributed by atoms with Crippen molar-refractivity contribution in [3.63, 3.8) is 0 Å². The summed E-state index contributed by atoms with van der Waals surface area (Å²) < 4.78 is 21.6. The van der Waals surface area contributed by atoms with E-state index in [2.05, 4.69) is 24.5 Å². The largest absolute Gasteiger partial charge is 0.496 e. The fourth-order valence-electron chi connectivity index (χ4n) is 6.01. The van der Waals surface area contributed by atoms with Crippen LogP contribution in [0.1, 0.15) is 53.9 Å². The molecule has 0 saturated carbocycles. The molecule has 6 rings (SSSR count). The van der Waals surface area contributed by atoms with E-state index in [-0.39, 0.29) is 18.3 Å². The highest BCUT2D eigenvalue weighted by molar-refractivity contribution is 7.07. The third-order valence-corrected chi connectivity index (χ3v) is 9.10. The Hall–Kier alpha value is -4.21. The number of aryl methyl sites for hydroxylation is 1. The second kappa shape index (κ2) is 12.2. The normalized spacial score (nSPS) is 18.5. The maximum Gasteiger partial charge on any atom is 0.338 e. The lowest BCUT2D eigenvalue weighted by molar-refractivity contribution is -0.138. The average Bonchev–Trinajstić information content (AvgIpc) is 3.72. The van der Waals surface area contributed by atoms with Gasteiger partial charge in [0.15, 0.2) is 4.80 Å². The van der Waals surface area contributed by atoms with Crippen molar-refractivity contribution in [1.82, 2.24) is 9.13 Å². The first kappa shape index (κ1) is 28.9. The molecule has 2 aromatic heterocycles. The first-order valence-corrected chi connectivity index (χ1v) is 15.4. The molecule has 2 aromatic carbocycles. The highest BCUT2D eigenvalue weighted by atomic mass is 32.1. The summed E-state index contributed by atoms with van der Waals surface area (Å²) >= 11 is 1.32. The van der Waals surface area contributed by atoms with Gasteiger partial charge < -0.3 is 18.8 Å². The molecule has 4 aromatic rings. The van der Waals surface area contributed by atoms with Crippen LogP contribution >= 0.6 is 11.3 Å². The number of esters is 1. The van der Waals surface area contributed by atoms with Crippen LogP contribution < -0.4 is 19.6 Å². The number of fused-ring (bicyclic) bond motifs is 1. The van der Waals surface area contributed by atoms with Crippen LogP contribution in [0.2, 0.25) is 0 Å². The van der Waals surface area contributed by atoms with E-state index in [4.69, 9.17) is 19.2 Å². The first-order valence-electron chi connectivity index (χ1n) is 14.6. The number of carbonyl (C=O) groups excluding carboxylic acids is 1. The summed E-state index contributed by atoms with van der Waals surface area (Å²) in [7, 11) is 1.58. The zero-order valence-corrected chi connectivity index (χ0v) is 25.6. The molecule has 43 heavy (non-hydrogen) atoms. The molecular formula is C34H35N3O5S. The molecule has 1 saturated heterocycles. The highest BCUT2D eigenvalue weighted by Crippen LogP contribution is 2.38. The van der Waals surface area contributed by atoms with Crippen LogP contribution in [0.3, 0.4) is 0 Å². The molecule has 4 heterocycles. The topological polar surface area (TPSA) is 84.0 Å². The monoisotopic (exact) mass is 597 g/mol. The Labute approximate surface area is 254 Å². The molecule has 8 nitrogen and oxygen atoms in total. The Morgan fingerprint density at radius 1 is 1.14 bits per heavy atom. The SMILES string of the molecule is CCOC(=O)C1=C(c2ccccc2)N=c2s/c(=C\c3cc(C)n(C[C@H]4CCCO4)c3C)c(=O)n2[C@H]1c1ccccc1OC. The molecule has 0 radical (unpaired) electrons. The zero-order valence-electron chi connectivity index (χ0n) is 24.8. The van der Waals surface area contributed by atoms with Crippen LogP contribution in [0.15, 0.2) is 76.0 Å². The fourth-order valence-corrected chi connectivity index (χ4v) is 7.01. The quantitative estimate of drug-likeness (QED) is 0.279. The minimum atomic E-state index is -0.796. The number of thiazole rings is 1. The van der Waals surface area contributed by atoms with Gasteiger partial charge in [0.2, 0.25) is 0 Å². The number of ether oxygens (including phenoxy) is 3. The summed E-state index contributed by atoms with van der Waals surface area (Å²) in [5.74, 6) is 0.0452. The second-order valence-electron chi connectivity index (χ2n) is 10.7. The van der Waals surface area contributed by atoms with Crippen LogP contribution in [0.5, 0.6) is 5.75 Å². The average molecular weight is 598 g/mol. The summed E-state index contributed by atoms with van der Waals surface area (Å²) in [5, 5.41) is 0. The fraction of sp³-hybridized carbons (Fsp3) is 0.324. The summed E-state index contributed by atoms with van der Waals surface area (Å²) in [5.41, 5.74) is 5.18. The number of nitrogens with zero attached hydrogens (tertiary/aromatic N) is 3. The molecule has 2 atom stereocenters. The van der Waals surface area contributed by atoms with Gasteiger partial charge in [0.05, 0.1) is 35.6 Å². The Balaban J connectivity index is 1.58. The van der Waals surface area contributed by atoms with Gasteiger partial charge in [0.25, 0.3) is 5.56 Å². The number of aromatic nitrogens is 2. The standard InChI is InChI=1S/C34H35N3O5S/c1-5-41-33(39)29-30(23-12-7-6-8-13-23)35-34-37(31(29)26-15-9-10-16-27(26)40-4)32(38)28(43-34)19-24-18-21(2)36(22(24)3)20-25-14-11-17-42-25/h6-10,12-13,15-16,18-19,25,31H,5,11,14,17,20H2,1-4H3/b28-19-/t25-,31+/m1/s1. The maximum absolute atomic E-state index is 14.3. The van der Waals surface area contributed by atoms with Gasteiger partial charge in [0.1, 0.15) is 11.8 Å². The number of hydrogen-bond donors (Lipinski definition) is 0. The summed E-state index contributed by atoms with van der Waals surface area (Å²) in [6.07, 6.45) is 4.29. The zero-order chi connectivity index (χ0) is 30.1. The van der Waals surface area contributed by atoms with Gasteiger partial charge >= 0.3 is 5.97 Å². The summed E-state index contributed by atoms with van der Waals surface area (Å²) in [6, 6.07) is 18.3. The van der Waals surface area contributed by atoms with Crippen LogP contribution in [-0.4, -0.2) is 41.5 Å². The van der Waals surface area contributed by atoms with Crippen molar-refractivity contribution >= 4 is 29.1 Å². The smallest absolute Gasteiger partial charge is 0.338 e. The highest BCUT2D eigenvalue weighted by Gasteiger charge is 2.36. The van der Waals surface area contributed by atoms with E-state index in [9.17, 15) is 9.59 Å². The van der Waals surface area contributed by atoms with Crippen LogP contribution in [0.4, 0.5) is 0 Å². The Morgan fingerprint density at radius 3 is 2.63 bits per heavy atom. The number of rotatable bonds is 8. The Morgan fingerprint density at radius 2 is 1.91 bits per heavy atom. The summed E-state index contributed by atoms with van der Waals surface area (Å²) in [4.78, 5) is 33.4. The Bertz CT molecular complexity index is 1880. The molecule has 0 spiro atoms. The minimum Gasteiger partial charge on any atom is -0.496 e. The van der Waals surface area contributed by atoms with Crippen molar-refractivity contribution in [1.29, 1.82) is 0 Å². The number of para-hydroxylation sites is 1. The van der Waals surface area contributed by atoms with Crippen LogP contribution in [0.25, 0.3) is 11.8 Å². The lowest BCUT2D eigenvalue weighted by Crippen LogP contribution is -2.40. The molecule has 222 valence electrons. The second-order valence-corrected chi connectivity index (χ2v) is 11.8. The van der Waals surface area contributed by atoms with Crippen molar-refractivity contribution < 1.29 is 19.0 Å². The molecule has 0 bridgehead atoms. The van der Waals surface area contributed by atoms with Crippen molar-refractivity contribution in [2.24, 2.45) is 4.99 Å². The van der Waals surface area contributed by atoms with E-state index in [1.807, 2.05) is 60.7 Å². The number of benzene rings is 2. The van der Waals surface area contributed by atoms with Crippen molar-refractivity contribution in [3.8, 4) is 5.75 Å². The minimum absolute atomic E-state index is 0.189. The maximum atomic E-state index is 14.3. The van der Waals surface area contributed by atoms with Gasteiger partial charge in [-0.05, 0) is 57.4 Å². The number of carbonyl (C=O) groups is 1. The van der Waals surface area contributed by atoms with Crippen molar-refractivity contribution in [3.05, 3.63) is 114 Å². The molecule has 9 heteroatoms. The molecule has 0 aliphatic carbocycles.